The van der Waals surface area contributed by atoms with Crippen molar-refractivity contribution < 1.29 is 0 Å². The van der Waals surface area contributed by atoms with E-state index in [0.29, 0.717) is 79.6 Å². The van der Waals surface area contributed by atoms with E-state index in [-0.39, 0.29) is 39.0 Å². The molecule has 0 saturated carbocycles. The van der Waals surface area contributed by atoms with E-state index in [0.717, 1.165) is 99.4 Å². The quantitative estimate of drug-likeness (QED) is 0.0257. The van der Waals surface area contributed by atoms with Crippen molar-refractivity contribution in [1.29, 1.82) is 0 Å². The molecule has 0 fully saturated rings. The molecule has 0 aliphatic rings. The van der Waals surface area contributed by atoms with Crippen LogP contribution in [0.2, 0.25) is 0 Å². The Hall–Kier alpha value is -6.16. The first-order valence-electron chi connectivity index (χ1n) is 33.1. The Balaban J connectivity index is 1.08. The van der Waals surface area contributed by atoms with Gasteiger partial charge in [-0.05, 0) is 108 Å². The first kappa shape index (κ1) is 60.9. The number of nitrogens with zero attached hydrogens (tertiary/aromatic N) is 6. The fourth-order valence-electron chi connectivity index (χ4n) is 13.7. The predicted octanol–water partition coefficient (Wildman–Crippen LogP) is 18.9. The fourth-order valence-corrected chi connectivity index (χ4v) is 13.7. The fraction of sp³-hybridized carbons (Fsp3) is 0.568. The highest BCUT2D eigenvalue weighted by Crippen LogP contribution is 2.47. The summed E-state index contributed by atoms with van der Waals surface area (Å²) in [5.74, 6) is 1.30. The lowest BCUT2D eigenvalue weighted by Crippen LogP contribution is -2.29. The maximum atomic E-state index is 14.7. The molecule has 0 radical (unpaired) electrons. The Bertz CT molecular complexity index is 3970. The van der Waals surface area contributed by atoms with Crippen LogP contribution in [0.1, 0.15) is 241 Å². The molecule has 6 aromatic carbocycles. The van der Waals surface area contributed by atoms with Crippen LogP contribution >= 0.6 is 0 Å². The molecule has 10 heteroatoms. The number of hydrogen-bond acceptors (Lipinski definition) is 8. The molecule has 0 spiro atoms. The molecule has 2 unspecified atom stereocenters. The number of aromatic nitrogens is 6. The van der Waals surface area contributed by atoms with E-state index in [1.165, 1.54) is 114 Å². The molecule has 0 N–H and O–H groups in total. The van der Waals surface area contributed by atoms with Crippen LogP contribution in [0.4, 0.5) is 0 Å². The number of unbranched alkanes of at least 4 members (excludes halogenated alkanes) is 16. The van der Waals surface area contributed by atoms with Gasteiger partial charge >= 0.3 is 0 Å². The van der Waals surface area contributed by atoms with Gasteiger partial charge in [0.2, 0.25) is 0 Å². The minimum Gasteiger partial charge on any atom is -0.274 e. The van der Waals surface area contributed by atoms with Crippen molar-refractivity contribution in [3.05, 3.63) is 101 Å². The smallest absolute Gasteiger partial charge is 0.261 e. The van der Waals surface area contributed by atoms with Gasteiger partial charge in [-0.15, -0.1) is 0 Å². The predicted molar refractivity (Wildman–Crippen MR) is 357 cm³/mol. The molecule has 0 aliphatic heterocycles. The van der Waals surface area contributed by atoms with E-state index in [9.17, 15) is 19.2 Å². The second-order valence-electron chi connectivity index (χ2n) is 28.3. The maximum absolute atomic E-state index is 14.7. The van der Waals surface area contributed by atoms with Gasteiger partial charge in [-0.1, -0.05) is 211 Å². The zero-order valence-electron chi connectivity index (χ0n) is 53.1. The van der Waals surface area contributed by atoms with Crippen LogP contribution in [0, 0.1) is 17.8 Å². The molecule has 4 heterocycles. The molecular formula is C74H96N6O4. The van der Waals surface area contributed by atoms with Crippen molar-refractivity contribution in [2.45, 2.75) is 254 Å². The third-order valence-corrected chi connectivity index (χ3v) is 19.0. The number of fused-ring (bicyclic) bond motifs is 10. The average Bonchev–Trinajstić information content (AvgIpc) is 1.12. The SMILES string of the molecule is CCCCCCCCCCCCC(CCCCCCCCCC)Cn1c(=O)c2cc3nc4c5cc(C(C)(C)C)cc6c7nc8cc9c(=O)n(CCC(C)CCCC(C)C)c(=O)c9cc8nc7c7cc(C(C)(C)C)cc(c4nc3cc2c1=O)c7c65. The van der Waals surface area contributed by atoms with E-state index in [2.05, 4.69) is 100 Å². The number of benzene rings is 6. The first-order valence-corrected chi connectivity index (χ1v) is 33.1. The van der Waals surface area contributed by atoms with E-state index < -0.39 is 0 Å². The molecular weight excluding hydrogens is 1040 g/mol. The minimum absolute atomic E-state index is 0.230. The first-order chi connectivity index (χ1) is 40.3. The van der Waals surface area contributed by atoms with Crippen molar-refractivity contribution in [1.82, 2.24) is 29.1 Å². The van der Waals surface area contributed by atoms with E-state index in [1.807, 2.05) is 12.1 Å². The van der Waals surface area contributed by atoms with Crippen LogP contribution < -0.4 is 22.2 Å². The number of rotatable bonds is 29. The largest absolute Gasteiger partial charge is 0.274 e. The van der Waals surface area contributed by atoms with Crippen molar-refractivity contribution in [3.63, 3.8) is 0 Å². The lowest BCUT2D eigenvalue weighted by Gasteiger charge is -2.25. The van der Waals surface area contributed by atoms with Crippen molar-refractivity contribution in [2.24, 2.45) is 17.8 Å². The van der Waals surface area contributed by atoms with Gasteiger partial charge in [0.1, 0.15) is 0 Å². The van der Waals surface area contributed by atoms with Gasteiger partial charge < -0.3 is 0 Å². The van der Waals surface area contributed by atoms with Crippen LogP contribution in [0.25, 0.3) is 98.0 Å². The van der Waals surface area contributed by atoms with Gasteiger partial charge in [-0.3, -0.25) is 28.3 Å². The molecule has 84 heavy (non-hydrogen) atoms. The molecule has 0 aliphatic carbocycles. The van der Waals surface area contributed by atoms with Gasteiger partial charge in [-0.25, -0.2) is 19.9 Å². The molecule has 10 rings (SSSR count). The van der Waals surface area contributed by atoms with Crippen LogP contribution in [0.5, 0.6) is 0 Å². The number of hydrogen-bond donors (Lipinski definition) is 0. The highest BCUT2D eigenvalue weighted by Gasteiger charge is 2.28. The van der Waals surface area contributed by atoms with E-state index in [4.69, 9.17) is 19.9 Å². The lowest BCUT2D eigenvalue weighted by molar-refractivity contribution is 0.351. The van der Waals surface area contributed by atoms with Gasteiger partial charge in [-0.2, -0.15) is 0 Å². The van der Waals surface area contributed by atoms with Gasteiger partial charge in [0.15, 0.2) is 0 Å². The van der Waals surface area contributed by atoms with Crippen LogP contribution in [0.15, 0.2) is 67.7 Å². The van der Waals surface area contributed by atoms with E-state index in [1.54, 1.807) is 16.7 Å². The zero-order valence-corrected chi connectivity index (χ0v) is 53.1. The monoisotopic (exact) mass is 1130 g/mol. The molecule has 10 aromatic rings. The molecule has 446 valence electrons. The van der Waals surface area contributed by atoms with Crippen LogP contribution in [-0.2, 0) is 23.9 Å². The summed E-state index contributed by atoms with van der Waals surface area (Å²) in [6.07, 6.45) is 29.0. The average molecular weight is 1130 g/mol. The lowest BCUT2D eigenvalue weighted by atomic mass is 9.80. The highest BCUT2D eigenvalue weighted by atomic mass is 16.2. The summed E-state index contributed by atoms with van der Waals surface area (Å²) >= 11 is 0. The summed E-state index contributed by atoms with van der Waals surface area (Å²) in [4.78, 5) is 79.6. The van der Waals surface area contributed by atoms with Crippen molar-refractivity contribution in [2.75, 3.05) is 0 Å². The molecule has 0 saturated heterocycles. The second-order valence-corrected chi connectivity index (χ2v) is 28.3. The molecule has 0 bridgehead atoms. The Morgan fingerprint density at radius 1 is 0.369 bits per heavy atom. The Labute approximate surface area is 497 Å². The molecule has 2 atom stereocenters. The molecule has 4 aromatic heterocycles. The van der Waals surface area contributed by atoms with Crippen LogP contribution in [-0.4, -0.2) is 29.1 Å². The normalized spacial score (nSPS) is 13.7. The summed E-state index contributed by atoms with van der Waals surface area (Å²) in [6.45, 7) is 25.3. The van der Waals surface area contributed by atoms with Gasteiger partial charge in [0.05, 0.1) is 65.7 Å². The maximum Gasteiger partial charge on any atom is 0.261 e. The molecule has 10 nitrogen and oxygen atoms in total. The molecule has 0 amide bonds. The van der Waals surface area contributed by atoms with Crippen molar-refractivity contribution in [3.8, 4) is 0 Å². The Morgan fingerprint density at radius 2 is 0.690 bits per heavy atom. The Kier molecular flexibility index (Phi) is 18.7. The van der Waals surface area contributed by atoms with E-state index >= 15 is 0 Å². The third kappa shape index (κ3) is 12.7. The topological polar surface area (TPSA) is 130 Å². The summed E-state index contributed by atoms with van der Waals surface area (Å²) < 4.78 is 2.97. The standard InChI is InChI=1S/C74H96N6O4/c1-12-14-16-18-20-22-23-25-27-29-34-48(33-28-26-24-21-19-17-15-13-2)45-80-71(83)53-43-61-62(44-54(53)72(80)84)78-68-58-40-50(74(9,10)11)38-56-64(58)63-55(37-49(73(6,7)8)39-57(63)67(68)77-61)65-66(56)76-60-42-52-51(41-59(60)75-65)69(81)79(70(52)82)36-35-47(5)32-30-31-46(3)4/h37-44,46-48H,12-36,45H2,1-11H3. The highest BCUT2D eigenvalue weighted by molar-refractivity contribution is 6.39. The summed E-state index contributed by atoms with van der Waals surface area (Å²) in [5, 5.41) is 7.27. The minimum atomic E-state index is -0.281. The Morgan fingerprint density at radius 3 is 1.01 bits per heavy atom. The summed E-state index contributed by atoms with van der Waals surface area (Å²) in [6, 6.07) is 16.2. The van der Waals surface area contributed by atoms with Gasteiger partial charge in [0, 0.05) is 45.4 Å². The van der Waals surface area contributed by atoms with Crippen molar-refractivity contribution >= 4 is 98.0 Å². The van der Waals surface area contributed by atoms with Crippen LogP contribution in [0.3, 0.4) is 0 Å². The zero-order chi connectivity index (χ0) is 59.6. The summed E-state index contributed by atoms with van der Waals surface area (Å²) in [5.41, 5.74) is 5.75. The summed E-state index contributed by atoms with van der Waals surface area (Å²) in [7, 11) is 0. The van der Waals surface area contributed by atoms with Gasteiger partial charge in [0.25, 0.3) is 22.2 Å². The second kappa shape index (κ2) is 25.8. The third-order valence-electron chi connectivity index (χ3n) is 19.0.